The summed E-state index contributed by atoms with van der Waals surface area (Å²) in [6.07, 6.45) is -0.208. The summed E-state index contributed by atoms with van der Waals surface area (Å²) >= 11 is 0. The third kappa shape index (κ3) is 3.28. The van der Waals surface area contributed by atoms with Gasteiger partial charge in [0.2, 0.25) is 0 Å². The molecule has 1 unspecified atom stereocenters. The maximum atomic E-state index is 6.92. The smallest absolute Gasteiger partial charge is 0.261 e. The molecular weight excluding hydrogens is 356 g/mol. The fourth-order valence-electron chi connectivity index (χ4n) is 4.27. The summed E-state index contributed by atoms with van der Waals surface area (Å²) in [6, 6.07) is 21.3. The highest BCUT2D eigenvalue weighted by atomic mass is 28.4. The Kier molecular flexibility index (Phi) is 4.99. The normalized spacial score (nSPS) is 27.4. The molecule has 2 fully saturated rings. The molecule has 0 spiro atoms. The van der Waals surface area contributed by atoms with E-state index in [1.54, 1.807) is 7.11 Å². The van der Waals surface area contributed by atoms with Crippen molar-refractivity contribution in [2.45, 2.75) is 50.4 Å². The van der Waals surface area contributed by atoms with Gasteiger partial charge in [-0.3, -0.25) is 0 Å². The lowest BCUT2D eigenvalue weighted by Crippen LogP contribution is -2.67. The zero-order chi connectivity index (χ0) is 19.1. The molecule has 4 atom stereocenters. The number of ether oxygens (including phenoxy) is 3. The first-order valence-electron chi connectivity index (χ1n) is 9.56. The summed E-state index contributed by atoms with van der Waals surface area (Å²) in [5.74, 6) is 0. The highest BCUT2D eigenvalue weighted by Gasteiger charge is 2.60. The minimum absolute atomic E-state index is 0.0429. The molecule has 2 aromatic rings. The van der Waals surface area contributed by atoms with Crippen molar-refractivity contribution in [3.05, 3.63) is 60.7 Å². The Bertz CT molecular complexity index is 719. The van der Waals surface area contributed by atoms with Crippen molar-refractivity contribution in [1.29, 1.82) is 0 Å². The largest absolute Gasteiger partial charge is 0.405 e. The number of hydrogen-bond donors (Lipinski definition) is 0. The lowest BCUT2D eigenvalue weighted by molar-refractivity contribution is -0.165. The molecule has 2 heterocycles. The first kappa shape index (κ1) is 18.8. The fourth-order valence-corrected chi connectivity index (χ4v) is 8.84. The molecule has 2 saturated heterocycles. The lowest BCUT2D eigenvalue weighted by atomic mass is 10.2. The Hall–Kier alpha value is -1.50. The SMILES string of the molecule is CO[C@@H]1O[C@H](CO[Si](c2ccccc2)(c2ccccc2)C(C)(C)C)C2O[C@@H]21. The van der Waals surface area contributed by atoms with Crippen LogP contribution in [0, 0.1) is 0 Å². The topological polar surface area (TPSA) is 40.2 Å². The molecule has 4 nitrogen and oxygen atoms in total. The standard InChI is InChI=1S/C22H28O4Si/c1-22(2,3)27(16-11-7-5-8-12-16,17-13-9-6-10-14-17)24-15-18-19-20(26-19)21(23-4)25-18/h5-14,18-21H,15H2,1-4H3/t18-,19?,20+,21-/m1/s1. The van der Waals surface area contributed by atoms with E-state index in [9.17, 15) is 0 Å². The zero-order valence-corrected chi connectivity index (χ0v) is 17.4. The summed E-state index contributed by atoms with van der Waals surface area (Å²) in [5.41, 5.74) is 0. The van der Waals surface area contributed by atoms with Gasteiger partial charge in [0, 0.05) is 7.11 Å². The van der Waals surface area contributed by atoms with Crippen LogP contribution in [0.4, 0.5) is 0 Å². The van der Waals surface area contributed by atoms with Crippen molar-refractivity contribution >= 4 is 18.7 Å². The number of fused-ring (bicyclic) bond motifs is 1. The van der Waals surface area contributed by atoms with Gasteiger partial charge in [-0.25, -0.2) is 0 Å². The van der Waals surface area contributed by atoms with Gasteiger partial charge in [-0.05, 0) is 15.4 Å². The number of benzene rings is 2. The van der Waals surface area contributed by atoms with E-state index in [-0.39, 0.29) is 29.6 Å². The van der Waals surface area contributed by atoms with Crippen LogP contribution in [0.1, 0.15) is 20.8 Å². The average molecular weight is 385 g/mol. The molecular formula is C22H28O4Si. The second-order valence-electron chi connectivity index (χ2n) is 8.32. The molecule has 0 aromatic heterocycles. The highest BCUT2D eigenvalue weighted by molar-refractivity contribution is 6.99. The molecule has 2 aliphatic rings. The Labute approximate surface area is 162 Å². The van der Waals surface area contributed by atoms with Crippen molar-refractivity contribution < 1.29 is 18.6 Å². The molecule has 0 radical (unpaired) electrons. The number of hydrogen-bond acceptors (Lipinski definition) is 4. The zero-order valence-electron chi connectivity index (χ0n) is 16.4. The Balaban J connectivity index is 1.70. The van der Waals surface area contributed by atoms with Crippen LogP contribution in [0.5, 0.6) is 0 Å². The van der Waals surface area contributed by atoms with Gasteiger partial charge in [-0.1, -0.05) is 81.4 Å². The van der Waals surface area contributed by atoms with Crippen LogP contribution in [0.3, 0.4) is 0 Å². The third-order valence-corrected chi connectivity index (χ3v) is 10.6. The van der Waals surface area contributed by atoms with E-state index in [1.165, 1.54) is 10.4 Å². The van der Waals surface area contributed by atoms with Crippen LogP contribution >= 0.6 is 0 Å². The average Bonchev–Trinajstić information content (AvgIpc) is 3.39. The van der Waals surface area contributed by atoms with Crippen molar-refractivity contribution in [3.63, 3.8) is 0 Å². The minimum atomic E-state index is -2.54. The fraction of sp³-hybridized carbons (Fsp3) is 0.455. The van der Waals surface area contributed by atoms with Crippen LogP contribution in [-0.2, 0) is 18.6 Å². The first-order chi connectivity index (χ1) is 13.0. The molecule has 0 N–H and O–H groups in total. The molecule has 2 aliphatic heterocycles. The van der Waals surface area contributed by atoms with Crippen molar-refractivity contribution in [1.82, 2.24) is 0 Å². The minimum Gasteiger partial charge on any atom is -0.405 e. The summed E-state index contributed by atoms with van der Waals surface area (Å²) < 4.78 is 24.0. The Morgan fingerprint density at radius 3 is 1.85 bits per heavy atom. The molecule has 0 amide bonds. The van der Waals surface area contributed by atoms with Gasteiger partial charge in [-0.2, -0.15) is 0 Å². The molecule has 0 saturated carbocycles. The van der Waals surface area contributed by atoms with Crippen molar-refractivity contribution in [2.75, 3.05) is 13.7 Å². The summed E-state index contributed by atoms with van der Waals surface area (Å²) in [6.45, 7) is 7.35. The van der Waals surface area contributed by atoms with Gasteiger partial charge in [0.05, 0.1) is 6.61 Å². The predicted octanol–water partition coefficient (Wildman–Crippen LogP) is 2.70. The van der Waals surface area contributed by atoms with Crippen LogP contribution in [0.15, 0.2) is 60.7 Å². The molecule has 144 valence electrons. The van der Waals surface area contributed by atoms with E-state index in [0.717, 1.165) is 0 Å². The molecule has 5 heteroatoms. The monoisotopic (exact) mass is 384 g/mol. The van der Waals surface area contributed by atoms with E-state index in [2.05, 4.69) is 81.4 Å². The van der Waals surface area contributed by atoms with E-state index >= 15 is 0 Å². The van der Waals surface area contributed by atoms with Crippen LogP contribution < -0.4 is 10.4 Å². The van der Waals surface area contributed by atoms with E-state index in [4.69, 9.17) is 18.6 Å². The number of epoxide rings is 1. The van der Waals surface area contributed by atoms with E-state index < -0.39 is 8.32 Å². The highest BCUT2D eigenvalue weighted by Crippen LogP contribution is 2.41. The first-order valence-corrected chi connectivity index (χ1v) is 11.5. The second kappa shape index (κ2) is 7.15. The lowest BCUT2D eigenvalue weighted by Gasteiger charge is -2.43. The van der Waals surface area contributed by atoms with Crippen molar-refractivity contribution in [2.24, 2.45) is 0 Å². The maximum absolute atomic E-state index is 6.92. The van der Waals surface area contributed by atoms with Gasteiger partial charge < -0.3 is 18.6 Å². The molecule has 0 bridgehead atoms. The van der Waals surface area contributed by atoms with Crippen LogP contribution in [-0.4, -0.2) is 46.6 Å². The number of methoxy groups -OCH3 is 1. The summed E-state index contributed by atoms with van der Waals surface area (Å²) in [5, 5.41) is 2.51. The van der Waals surface area contributed by atoms with Crippen LogP contribution in [0.25, 0.3) is 0 Å². The maximum Gasteiger partial charge on any atom is 0.261 e. The quantitative estimate of drug-likeness (QED) is 0.567. The predicted molar refractivity (Wildman–Crippen MR) is 108 cm³/mol. The second-order valence-corrected chi connectivity index (χ2v) is 12.6. The Morgan fingerprint density at radius 2 is 1.41 bits per heavy atom. The Morgan fingerprint density at radius 1 is 0.852 bits per heavy atom. The molecule has 2 aromatic carbocycles. The number of rotatable bonds is 6. The van der Waals surface area contributed by atoms with Gasteiger partial charge >= 0.3 is 0 Å². The van der Waals surface area contributed by atoms with E-state index in [1.807, 2.05) is 0 Å². The molecule has 4 rings (SSSR count). The molecule has 27 heavy (non-hydrogen) atoms. The summed E-state index contributed by atoms with van der Waals surface area (Å²) in [7, 11) is -0.875. The van der Waals surface area contributed by atoms with Gasteiger partial charge in [0.1, 0.15) is 18.3 Å². The van der Waals surface area contributed by atoms with Crippen molar-refractivity contribution in [3.8, 4) is 0 Å². The third-order valence-electron chi connectivity index (χ3n) is 5.62. The van der Waals surface area contributed by atoms with Gasteiger partial charge in [-0.15, -0.1) is 0 Å². The van der Waals surface area contributed by atoms with Crippen LogP contribution in [0.2, 0.25) is 5.04 Å². The molecule has 0 aliphatic carbocycles. The van der Waals surface area contributed by atoms with Gasteiger partial charge in [0.15, 0.2) is 6.29 Å². The van der Waals surface area contributed by atoms with Gasteiger partial charge in [0.25, 0.3) is 8.32 Å². The summed E-state index contributed by atoms with van der Waals surface area (Å²) in [4.78, 5) is 0. The van der Waals surface area contributed by atoms with E-state index in [0.29, 0.717) is 6.61 Å².